The number of hydrogen-bond donors (Lipinski definition) is 0. The Morgan fingerprint density at radius 1 is 0.288 bits per heavy atom. The van der Waals surface area contributed by atoms with Gasteiger partial charge in [-0.3, -0.25) is 14.4 Å². The minimum absolute atomic E-state index is 0.0665. The van der Waals surface area contributed by atoms with Crippen molar-refractivity contribution in [1.82, 2.24) is 0 Å². The molecule has 404 valence electrons. The SMILES string of the molecule is CC/C=C\C/C=C\C/C=C\C/C=C\C/C=C\CCCCCCCCCCCC(=O)OCC(COC(=O)C/C=C\C/C=C\C/C=C\C/C=C\C/C=C\CC)OC(=O)C/C=C\C/C=C\C/C=C\C/C=C\C/C=C\CC. The van der Waals surface area contributed by atoms with Gasteiger partial charge in [-0.25, -0.2) is 0 Å². The van der Waals surface area contributed by atoms with Crippen molar-refractivity contribution in [2.45, 2.75) is 207 Å². The second kappa shape index (κ2) is 59.1. The molecule has 0 fully saturated rings. The molecule has 0 spiro atoms. The fourth-order valence-electron chi connectivity index (χ4n) is 6.85. The first-order chi connectivity index (χ1) is 36.0. The van der Waals surface area contributed by atoms with Gasteiger partial charge < -0.3 is 14.2 Å². The molecule has 0 amide bonds. The highest BCUT2D eigenvalue weighted by molar-refractivity contribution is 5.72. The lowest BCUT2D eigenvalue weighted by Gasteiger charge is -2.17. The summed E-state index contributed by atoms with van der Waals surface area (Å²) in [7, 11) is 0. The number of hydrogen-bond acceptors (Lipinski definition) is 6. The van der Waals surface area contributed by atoms with E-state index in [0.29, 0.717) is 19.3 Å². The van der Waals surface area contributed by atoms with Gasteiger partial charge in [0.1, 0.15) is 13.2 Å². The third-order valence-corrected chi connectivity index (χ3v) is 11.0. The highest BCUT2D eigenvalue weighted by Crippen LogP contribution is 2.13. The van der Waals surface area contributed by atoms with Crippen LogP contribution in [0.15, 0.2) is 182 Å². The lowest BCUT2D eigenvalue weighted by Crippen LogP contribution is -2.30. The quantitative estimate of drug-likeness (QED) is 0.0262. The largest absolute Gasteiger partial charge is 0.462 e. The molecule has 1 atom stereocenters. The smallest absolute Gasteiger partial charge is 0.310 e. The number of ether oxygens (including phenoxy) is 3. The van der Waals surface area contributed by atoms with E-state index in [0.717, 1.165) is 109 Å². The molecule has 6 nitrogen and oxygen atoms in total. The van der Waals surface area contributed by atoms with Gasteiger partial charge in [-0.05, 0) is 116 Å². The molecule has 6 heteroatoms. The lowest BCUT2D eigenvalue weighted by atomic mass is 10.1. The topological polar surface area (TPSA) is 78.9 Å². The molecule has 73 heavy (non-hydrogen) atoms. The van der Waals surface area contributed by atoms with Crippen molar-refractivity contribution in [3.8, 4) is 0 Å². The van der Waals surface area contributed by atoms with Crippen molar-refractivity contribution in [3.05, 3.63) is 182 Å². The zero-order valence-corrected chi connectivity index (χ0v) is 46.1. The molecule has 0 aliphatic carbocycles. The number of rotatable bonds is 48. The molecule has 0 bridgehead atoms. The third-order valence-electron chi connectivity index (χ3n) is 11.0. The number of carbonyl (C=O) groups excluding carboxylic acids is 3. The zero-order chi connectivity index (χ0) is 52.9. The van der Waals surface area contributed by atoms with Crippen LogP contribution in [-0.2, 0) is 28.6 Å². The molecule has 0 rings (SSSR count). The fourth-order valence-corrected chi connectivity index (χ4v) is 6.85. The molecular formula is C67H100O6. The van der Waals surface area contributed by atoms with Crippen molar-refractivity contribution in [2.24, 2.45) is 0 Å². The number of unbranched alkanes of at least 4 members (excludes halogenated alkanes) is 9. The van der Waals surface area contributed by atoms with E-state index in [1.807, 2.05) is 12.2 Å². The van der Waals surface area contributed by atoms with Gasteiger partial charge in [-0.15, -0.1) is 0 Å². The number of allylic oxidation sites excluding steroid dienone is 28. The van der Waals surface area contributed by atoms with Crippen LogP contribution >= 0.6 is 0 Å². The Balaban J connectivity index is 4.55. The molecule has 0 aliphatic heterocycles. The Hall–Kier alpha value is -5.49. The minimum Gasteiger partial charge on any atom is -0.462 e. The van der Waals surface area contributed by atoms with Crippen LogP contribution in [0, 0.1) is 0 Å². The molecule has 1 unspecified atom stereocenters. The van der Waals surface area contributed by atoms with Crippen molar-refractivity contribution < 1.29 is 28.6 Å². The highest BCUT2D eigenvalue weighted by Gasteiger charge is 2.19. The molecule has 0 saturated carbocycles. The maximum atomic E-state index is 12.8. The van der Waals surface area contributed by atoms with Crippen LogP contribution in [0.3, 0.4) is 0 Å². The molecule has 0 aliphatic rings. The third kappa shape index (κ3) is 57.3. The van der Waals surface area contributed by atoms with Crippen molar-refractivity contribution in [1.29, 1.82) is 0 Å². The van der Waals surface area contributed by atoms with Crippen LogP contribution in [0.25, 0.3) is 0 Å². The van der Waals surface area contributed by atoms with E-state index in [1.54, 1.807) is 12.2 Å². The van der Waals surface area contributed by atoms with E-state index in [1.165, 1.54) is 38.5 Å². The molecule has 0 radical (unpaired) electrons. The normalized spacial score (nSPS) is 13.5. The fraction of sp³-hybridized carbons (Fsp3) is 0.507. The van der Waals surface area contributed by atoms with Gasteiger partial charge >= 0.3 is 17.9 Å². The Morgan fingerprint density at radius 2 is 0.548 bits per heavy atom. The van der Waals surface area contributed by atoms with Crippen LogP contribution < -0.4 is 0 Å². The summed E-state index contributed by atoms with van der Waals surface area (Å²) in [6.45, 7) is 6.09. The average molecular weight is 1000 g/mol. The summed E-state index contributed by atoms with van der Waals surface area (Å²) in [5, 5.41) is 0. The summed E-state index contributed by atoms with van der Waals surface area (Å²) < 4.78 is 16.6. The summed E-state index contributed by atoms with van der Waals surface area (Å²) >= 11 is 0. The maximum absolute atomic E-state index is 12.8. The highest BCUT2D eigenvalue weighted by atomic mass is 16.6. The second-order valence-corrected chi connectivity index (χ2v) is 17.7. The van der Waals surface area contributed by atoms with Crippen LogP contribution in [-0.4, -0.2) is 37.2 Å². The van der Waals surface area contributed by atoms with Crippen LogP contribution in [0.2, 0.25) is 0 Å². The number of carbonyl (C=O) groups is 3. The summed E-state index contributed by atoms with van der Waals surface area (Å²) in [6.07, 6.45) is 89.4. The van der Waals surface area contributed by atoms with E-state index in [-0.39, 0.29) is 32.0 Å². The molecule has 0 aromatic carbocycles. The Bertz CT molecular complexity index is 1770. The standard InChI is InChI=1S/C67H100O6/c1-4-7-10-13-16-19-22-25-28-29-30-31-32-33-34-35-36-37-40-42-45-48-51-54-57-60-66(69)72-63-64(73-67(70)61-58-55-52-49-46-43-39-27-24-21-18-15-12-9-6-3)62-71-65(68)59-56-53-50-47-44-41-38-26-23-20-17-14-11-8-5-2/h7-12,16-21,25-28,30-31,33-34,38-39,44,46-47,49,53,55-56,58,64H,4-6,13-15,22-24,29,32,35-37,40-43,45,48,50-52,54,57,59-63H2,1-3H3/b10-7-,11-8-,12-9-,19-16-,20-17-,21-18-,28-25-,31-30-,34-33-,38-26-,39-27-,47-44-,49-46-,56-53-,58-55-. The minimum atomic E-state index is -0.886. The van der Waals surface area contributed by atoms with Gasteiger partial charge in [0.05, 0.1) is 12.8 Å². The van der Waals surface area contributed by atoms with Gasteiger partial charge in [0, 0.05) is 6.42 Å². The van der Waals surface area contributed by atoms with E-state index >= 15 is 0 Å². The van der Waals surface area contributed by atoms with Crippen molar-refractivity contribution in [2.75, 3.05) is 13.2 Å². The number of esters is 3. The second-order valence-electron chi connectivity index (χ2n) is 17.7. The summed E-state index contributed by atoms with van der Waals surface area (Å²) in [5.41, 5.74) is 0. The summed E-state index contributed by atoms with van der Waals surface area (Å²) in [6, 6.07) is 0. The molecule has 0 N–H and O–H groups in total. The molecule has 0 saturated heterocycles. The first-order valence-electron chi connectivity index (χ1n) is 28.3. The Morgan fingerprint density at radius 3 is 0.890 bits per heavy atom. The molecular weight excluding hydrogens is 901 g/mol. The van der Waals surface area contributed by atoms with Crippen molar-refractivity contribution >= 4 is 17.9 Å². The van der Waals surface area contributed by atoms with Crippen LogP contribution in [0.1, 0.15) is 201 Å². The van der Waals surface area contributed by atoms with Gasteiger partial charge in [-0.2, -0.15) is 0 Å². The van der Waals surface area contributed by atoms with E-state index in [4.69, 9.17) is 14.2 Å². The predicted molar refractivity (Wildman–Crippen MR) is 315 cm³/mol. The Kier molecular flexibility index (Phi) is 54.6. The first-order valence-corrected chi connectivity index (χ1v) is 28.3. The van der Waals surface area contributed by atoms with Gasteiger partial charge in [0.15, 0.2) is 6.10 Å². The van der Waals surface area contributed by atoms with Gasteiger partial charge in [0.2, 0.25) is 0 Å². The van der Waals surface area contributed by atoms with Crippen LogP contribution in [0.4, 0.5) is 0 Å². The predicted octanol–water partition coefficient (Wildman–Crippen LogP) is 19.3. The van der Waals surface area contributed by atoms with E-state index in [9.17, 15) is 14.4 Å². The molecule has 0 aromatic rings. The average Bonchev–Trinajstić information content (AvgIpc) is 3.39. The van der Waals surface area contributed by atoms with Crippen LogP contribution in [0.5, 0.6) is 0 Å². The van der Waals surface area contributed by atoms with Crippen molar-refractivity contribution in [3.63, 3.8) is 0 Å². The zero-order valence-electron chi connectivity index (χ0n) is 46.1. The van der Waals surface area contributed by atoms with E-state index < -0.39 is 18.0 Å². The first kappa shape index (κ1) is 67.5. The van der Waals surface area contributed by atoms with Gasteiger partial charge in [0.25, 0.3) is 0 Å². The maximum Gasteiger partial charge on any atom is 0.310 e. The monoisotopic (exact) mass is 1000 g/mol. The molecule has 0 heterocycles. The summed E-state index contributed by atoms with van der Waals surface area (Å²) in [4.78, 5) is 38.0. The van der Waals surface area contributed by atoms with E-state index in [2.05, 4.69) is 179 Å². The summed E-state index contributed by atoms with van der Waals surface area (Å²) in [5.74, 6) is -1.24. The lowest BCUT2D eigenvalue weighted by molar-refractivity contribution is -0.166. The molecule has 0 aromatic heterocycles. The Labute approximate surface area is 446 Å². The van der Waals surface area contributed by atoms with Gasteiger partial charge in [-0.1, -0.05) is 248 Å².